The molecule has 0 aromatic rings. The average molecular weight is 1450 g/mol. The van der Waals surface area contributed by atoms with Gasteiger partial charge in [0, 0.05) is 62.4 Å². The van der Waals surface area contributed by atoms with Gasteiger partial charge < -0.3 is 97.0 Å². The normalized spacial score (nSPS) is 17.2. The molecule has 0 radical (unpaired) electrons. The topological polar surface area (TPSA) is 411 Å². The van der Waals surface area contributed by atoms with Crippen molar-refractivity contribution in [2.75, 3.05) is 157 Å². The van der Waals surface area contributed by atoms with Gasteiger partial charge in [-0.25, -0.2) is 9.59 Å². The molecule has 2 rings (SSSR count). The Labute approximate surface area is 587 Å². The molecule has 0 bridgehead atoms. The number of rotatable bonds is 47. The van der Waals surface area contributed by atoms with Crippen LogP contribution in [0.15, 0.2) is 24.8 Å². The first-order chi connectivity index (χ1) is 45.7. The third-order valence-corrected chi connectivity index (χ3v) is 17.6. The van der Waals surface area contributed by atoms with E-state index in [0.717, 1.165) is 6.08 Å². The van der Waals surface area contributed by atoms with Gasteiger partial charge in [-0.1, -0.05) is 33.9 Å². The number of ether oxygens (including phenoxy) is 14. The third kappa shape index (κ3) is 45.2. The maximum atomic E-state index is 12.5. The van der Waals surface area contributed by atoms with Crippen LogP contribution in [0.1, 0.15) is 129 Å². The van der Waals surface area contributed by atoms with E-state index in [1.165, 1.54) is 26.0 Å². The molecule has 0 aliphatic carbocycles. The number of epoxide rings is 2. The van der Waals surface area contributed by atoms with Crippen molar-refractivity contribution in [2.24, 2.45) is 32.5 Å². The van der Waals surface area contributed by atoms with Gasteiger partial charge in [-0.2, -0.15) is 11.8 Å². The summed E-state index contributed by atoms with van der Waals surface area (Å²) in [6.07, 6.45) is -0.366. The van der Waals surface area contributed by atoms with E-state index in [4.69, 9.17) is 67.1 Å². The van der Waals surface area contributed by atoms with E-state index in [9.17, 15) is 63.0 Å². The standard InChI is InChI=1S/C19H36O9S.C19H36O8S.C16H28O6.C7H10O3.C6H10O3/c1-6-19(4,17(24)27-8-7-26-5)13-18(2,3)16(23)28-10-15(22)12-29(25)11-14(21)9-20;1-6-19(4,17(24)26-8-7-25-5)13-18(2,3)16(23)27-10-15(22)12-28-11-14(21)9-20;1-6-16(4,14(18)20-8-7-19-5)11-15(2,3)13(17)22-10-12-9-21-12;1-5(2)7(8)10-4-6-3-9-6;1-3-6(7)9-5-4-8-2/h14-15,20-22H,6-13H2,1-5H3;14-15,20-22H,6-13H2,1-5H3;12H,6-11H2,1-5H3;6H,1,3-4H2,2H3;3H,1,4-5H2,2H3. The largest absolute Gasteiger partial charge is 0.463 e. The number of thioether (sulfide) groups is 1. The average Bonchev–Trinajstić information content (AvgIpc) is 1.39. The van der Waals surface area contributed by atoms with E-state index in [2.05, 4.69) is 22.6 Å². The van der Waals surface area contributed by atoms with E-state index < -0.39 is 98.2 Å². The SMILES string of the molecule is C=C(C)C(=O)OCC1CO1.C=CC(=O)OCCOC.CCC(C)(CC(C)(C)C(=O)OCC(O)CS(=O)CC(O)CO)C(=O)OCCOC.CCC(C)(CC(C)(C)C(=O)OCC(O)CSCC(O)CO)C(=O)OCCOC.CCC(C)(CC(C)(C)C(=O)OCC1CO1)C(=O)OCCOC. The molecule has 0 aromatic heterocycles. The molecule has 10 unspecified atom stereocenters. The van der Waals surface area contributed by atoms with Gasteiger partial charge in [0.15, 0.2) is 0 Å². The first-order valence-corrected chi connectivity index (χ1v) is 35.0. The predicted octanol–water partition coefficient (Wildman–Crippen LogP) is 3.83. The van der Waals surface area contributed by atoms with Gasteiger partial charge in [0.1, 0.15) is 65.1 Å². The van der Waals surface area contributed by atoms with Crippen LogP contribution in [0.2, 0.25) is 0 Å². The van der Waals surface area contributed by atoms with Gasteiger partial charge in [0.2, 0.25) is 0 Å². The minimum atomic E-state index is -1.57. The van der Waals surface area contributed by atoms with Crippen molar-refractivity contribution in [1.82, 2.24) is 0 Å². The van der Waals surface area contributed by atoms with Gasteiger partial charge in [-0.15, -0.1) is 0 Å². The van der Waals surface area contributed by atoms with Crippen molar-refractivity contribution in [3.8, 4) is 0 Å². The van der Waals surface area contributed by atoms with Crippen LogP contribution in [0.3, 0.4) is 0 Å². The van der Waals surface area contributed by atoms with Gasteiger partial charge >= 0.3 is 47.8 Å². The van der Waals surface area contributed by atoms with Crippen molar-refractivity contribution in [3.63, 3.8) is 0 Å². The number of hydrogen-bond donors (Lipinski definition) is 6. The molecule has 0 amide bonds. The fraction of sp³-hybridized carbons (Fsp3) is 0.821. The molecular weight excluding hydrogens is 1330 g/mol. The summed E-state index contributed by atoms with van der Waals surface area (Å²) < 4.78 is 81.5. The van der Waals surface area contributed by atoms with Crippen molar-refractivity contribution >= 4 is 70.3 Å². The first kappa shape index (κ1) is 97.4. The molecular formula is C67H120O29S2. The van der Waals surface area contributed by atoms with E-state index in [-0.39, 0.29) is 125 Å². The third-order valence-electron chi connectivity index (χ3n) is 14.8. The summed E-state index contributed by atoms with van der Waals surface area (Å²) >= 11 is 1.26. The zero-order valence-electron chi connectivity index (χ0n) is 61.2. The van der Waals surface area contributed by atoms with Crippen LogP contribution in [-0.4, -0.2) is 276 Å². The lowest BCUT2D eigenvalue weighted by Gasteiger charge is -2.33. The van der Waals surface area contributed by atoms with Crippen LogP contribution in [0.4, 0.5) is 0 Å². The van der Waals surface area contributed by atoms with E-state index in [0.29, 0.717) is 77.5 Å². The van der Waals surface area contributed by atoms with Crippen LogP contribution in [0, 0.1) is 32.5 Å². The summed E-state index contributed by atoms with van der Waals surface area (Å²) in [5.41, 5.74) is -4.75. The number of carbonyl (C=O) groups excluding carboxylic acids is 8. The lowest BCUT2D eigenvalue weighted by molar-refractivity contribution is -0.166. The first-order valence-electron chi connectivity index (χ1n) is 32.4. The Bertz CT molecular complexity index is 2340. The van der Waals surface area contributed by atoms with E-state index >= 15 is 0 Å². The van der Waals surface area contributed by atoms with Crippen molar-refractivity contribution in [1.29, 1.82) is 0 Å². The maximum absolute atomic E-state index is 12.5. The monoisotopic (exact) mass is 1450 g/mol. The van der Waals surface area contributed by atoms with Gasteiger partial charge in [-0.05, 0) is 108 Å². The second-order valence-electron chi connectivity index (χ2n) is 26.1. The Morgan fingerprint density at radius 1 is 0.490 bits per heavy atom. The Kier molecular flexibility index (Phi) is 52.0. The lowest BCUT2D eigenvalue weighted by Crippen LogP contribution is -2.40. The fourth-order valence-corrected chi connectivity index (χ4v) is 10.5. The second kappa shape index (κ2) is 52.3. The van der Waals surface area contributed by atoms with Crippen molar-refractivity contribution in [3.05, 3.63) is 24.8 Å². The zero-order valence-corrected chi connectivity index (χ0v) is 62.9. The smallest absolute Gasteiger partial charge is 0.333 e. The van der Waals surface area contributed by atoms with Crippen LogP contribution >= 0.6 is 11.8 Å². The summed E-state index contributed by atoms with van der Waals surface area (Å²) in [6, 6.07) is 0. The molecule has 2 heterocycles. The van der Waals surface area contributed by atoms with Gasteiger partial charge in [0.25, 0.3) is 0 Å². The summed E-state index contributed by atoms with van der Waals surface area (Å²) in [4.78, 5) is 95.4. The van der Waals surface area contributed by atoms with Crippen LogP contribution < -0.4 is 0 Å². The van der Waals surface area contributed by atoms with Crippen molar-refractivity contribution in [2.45, 2.75) is 165 Å². The molecule has 10 atom stereocenters. The Morgan fingerprint density at radius 2 is 0.806 bits per heavy atom. The number of hydrogen-bond acceptors (Lipinski definition) is 30. The molecule has 0 saturated carbocycles. The molecule has 574 valence electrons. The zero-order chi connectivity index (χ0) is 75.9. The highest BCUT2D eigenvalue weighted by Crippen LogP contribution is 2.41. The summed E-state index contributed by atoms with van der Waals surface area (Å²) in [6.45, 7) is 32.3. The number of carbonyl (C=O) groups is 8. The number of aliphatic hydroxyl groups is 6. The molecule has 31 heteroatoms. The van der Waals surface area contributed by atoms with E-state index in [1.54, 1.807) is 76.5 Å². The minimum absolute atomic E-state index is 0.0383. The molecule has 2 aliphatic heterocycles. The molecule has 2 aliphatic rings. The Hall–Kier alpha value is -4.74. The number of aliphatic hydroxyl groups excluding tert-OH is 6. The quantitative estimate of drug-likeness (QED) is 0.0166. The number of methoxy groups -OCH3 is 4. The highest BCUT2D eigenvalue weighted by molar-refractivity contribution is 7.99. The van der Waals surface area contributed by atoms with Gasteiger partial charge in [-0.3, -0.25) is 33.0 Å². The summed E-state index contributed by atoms with van der Waals surface area (Å²) in [5.74, 6) is -3.08. The highest BCUT2D eigenvalue weighted by Gasteiger charge is 2.46. The fourth-order valence-electron chi connectivity index (χ4n) is 8.39. The maximum Gasteiger partial charge on any atom is 0.333 e. The molecule has 98 heavy (non-hydrogen) atoms. The van der Waals surface area contributed by atoms with Gasteiger partial charge in [0.05, 0.1) is 121 Å². The molecule has 29 nitrogen and oxygen atoms in total. The van der Waals surface area contributed by atoms with Crippen LogP contribution in [-0.2, 0) is 115 Å². The molecule has 0 aromatic carbocycles. The van der Waals surface area contributed by atoms with Crippen LogP contribution in [0.5, 0.6) is 0 Å². The summed E-state index contributed by atoms with van der Waals surface area (Å²) in [7, 11) is 4.55. The van der Waals surface area contributed by atoms with Crippen molar-refractivity contribution < 1.29 is 140 Å². The highest BCUT2D eigenvalue weighted by atomic mass is 32.2. The Morgan fingerprint density at radius 3 is 1.12 bits per heavy atom. The predicted molar refractivity (Wildman–Crippen MR) is 363 cm³/mol. The molecule has 0 spiro atoms. The Balaban J connectivity index is -0.00000122. The number of esters is 8. The van der Waals surface area contributed by atoms with Crippen LogP contribution in [0.25, 0.3) is 0 Å². The second-order valence-corrected chi connectivity index (χ2v) is 28.7. The minimum Gasteiger partial charge on any atom is -0.463 e. The lowest BCUT2D eigenvalue weighted by atomic mass is 9.72. The van der Waals surface area contributed by atoms with E-state index in [1.807, 2.05) is 27.7 Å². The molecule has 6 N–H and O–H groups in total. The molecule has 2 fully saturated rings. The summed E-state index contributed by atoms with van der Waals surface area (Å²) in [5, 5.41) is 55.8. The molecule has 2 saturated heterocycles.